The maximum atomic E-state index is 12.1. The van der Waals surface area contributed by atoms with E-state index in [-0.39, 0.29) is 23.9 Å². The van der Waals surface area contributed by atoms with E-state index in [0.29, 0.717) is 0 Å². The van der Waals surface area contributed by atoms with Gasteiger partial charge in [0.25, 0.3) is 0 Å². The summed E-state index contributed by atoms with van der Waals surface area (Å²) in [6.45, 7) is 0. The molecule has 0 aromatic carbocycles. The molecule has 2 saturated carbocycles. The molecule has 0 aliphatic heterocycles. The molecule has 0 aromatic rings. The number of amides is 1. The van der Waals surface area contributed by atoms with E-state index < -0.39 is 0 Å². The molecule has 0 bridgehead atoms. The van der Waals surface area contributed by atoms with Gasteiger partial charge in [-0.05, 0) is 32.1 Å². The Morgan fingerprint density at radius 1 is 0.938 bits per heavy atom. The molecule has 16 heavy (non-hydrogen) atoms. The lowest BCUT2D eigenvalue weighted by Gasteiger charge is -2.21. The molecule has 0 aromatic heterocycles. The van der Waals surface area contributed by atoms with E-state index in [1.165, 1.54) is 25.7 Å². The van der Waals surface area contributed by atoms with E-state index in [1.807, 2.05) is 0 Å². The maximum absolute atomic E-state index is 12.1. The normalized spacial score (nSPS) is 32.3. The third-order valence-corrected chi connectivity index (χ3v) is 4.12. The van der Waals surface area contributed by atoms with Gasteiger partial charge in [-0.1, -0.05) is 25.7 Å². The van der Waals surface area contributed by atoms with E-state index >= 15 is 0 Å². The van der Waals surface area contributed by atoms with Crippen molar-refractivity contribution in [2.24, 2.45) is 11.7 Å². The monoisotopic (exact) mass is 224 g/mol. The molecule has 0 saturated heterocycles. The van der Waals surface area contributed by atoms with Gasteiger partial charge < -0.3 is 11.1 Å². The van der Waals surface area contributed by atoms with Crippen LogP contribution in [0.5, 0.6) is 0 Å². The van der Waals surface area contributed by atoms with Crippen LogP contribution in [0.3, 0.4) is 0 Å². The molecule has 0 spiro atoms. The minimum absolute atomic E-state index is 0.190. The van der Waals surface area contributed by atoms with Crippen LogP contribution in [0.25, 0.3) is 0 Å². The Morgan fingerprint density at radius 2 is 1.62 bits per heavy atom. The summed E-state index contributed by atoms with van der Waals surface area (Å²) in [7, 11) is 0. The largest absolute Gasteiger partial charge is 0.352 e. The quantitative estimate of drug-likeness (QED) is 0.704. The van der Waals surface area contributed by atoms with Crippen molar-refractivity contribution in [1.82, 2.24) is 5.32 Å². The van der Waals surface area contributed by atoms with E-state index in [2.05, 4.69) is 5.32 Å². The Morgan fingerprint density at radius 3 is 2.19 bits per heavy atom. The van der Waals surface area contributed by atoms with Gasteiger partial charge in [0.1, 0.15) is 0 Å². The van der Waals surface area contributed by atoms with E-state index in [9.17, 15) is 4.79 Å². The molecular weight excluding hydrogens is 200 g/mol. The zero-order valence-electron chi connectivity index (χ0n) is 10.1. The second kappa shape index (κ2) is 5.67. The average Bonchev–Trinajstić information content (AvgIpc) is 2.57. The standard InChI is InChI=1S/C13H24N2O/c14-11-8-5-9-12(11)15-13(16)10-6-3-1-2-4-7-10/h10-12H,1-9,14H2,(H,15,16). The van der Waals surface area contributed by atoms with Crippen molar-refractivity contribution in [3.8, 4) is 0 Å². The Bertz CT molecular complexity index is 234. The first-order valence-corrected chi connectivity index (χ1v) is 6.83. The van der Waals surface area contributed by atoms with Crippen LogP contribution >= 0.6 is 0 Å². The van der Waals surface area contributed by atoms with E-state index in [4.69, 9.17) is 5.73 Å². The summed E-state index contributed by atoms with van der Waals surface area (Å²) < 4.78 is 0. The summed E-state index contributed by atoms with van der Waals surface area (Å²) in [6, 6.07) is 0.436. The van der Waals surface area contributed by atoms with Gasteiger partial charge in [0.15, 0.2) is 0 Å². The molecule has 2 aliphatic rings. The highest BCUT2D eigenvalue weighted by molar-refractivity contribution is 5.79. The van der Waals surface area contributed by atoms with Crippen molar-refractivity contribution in [2.75, 3.05) is 0 Å². The van der Waals surface area contributed by atoms with Crippen LogP contribution in [0.1, 0.15) is 57.8 Å². The first-order valence-electron chi connectivity index (χ1n) is 6.83. The van der Waals surface area contributed by atoms with Crippen molar-refractivity contribution in [3.63, 3.8) is 0 Å². The van der Waals surface area contributed by atoms with Crippen LogP contribution in [-0.4, -0.2) is 18.0 Å². The smallest absolute Gasteiger partial charge is 0.223 e. The predicted molar refractivity (Wildman–Crippen MR) is 64.9 cm³/mol. The van der Waals surface area contributed by atoms with E-state index in [1.54, 1.807) is 0 Å². The summed E-state index contributed by atoms with van der Waals surface area (Å²) in [6.07, 6.45) is 10.5. The van der Waals surface area contributed by atoms with Gasteiger partial charge in [-0.3, -0.25) is 4.79 Å². The van der Waals surface area contributed by atoms with Crippen LogP contribution in [0.2, 0.25) is 0 Å². The molecule has 2 unspecified atom stereocenters. The SMILES string of the molecule is NC1CCCC1NC(=O)C1CCCCCC1. The highest BCUT2D eigenvalue weighted by Gasteiger charge is 2.28. The van der Waals surface area contributed by atoms with Gasteiger partial charge in [0, 0.05) is 18.0 Å². The molecule has 3 nitrogen and oxygen atoms in total. The second-order valence-corrected chi connectivity index (χ2v) is 5.40. The van der Waals surface area contributed by atoms with Gasteiger partial charge >= 0.3 is 0 Å². The minimum Gasteiger partial charge on any atom is -0.352 e. The Balaban J connectivity index is 1.81. The molecule has 3 N–H and O–H groups in total. The topological polar surface area (TPSA) is 55.1 Å². The molecule has 2 fully saturated rings. The van der Waals surface area contributed by atoms with Gasteiger partial charge in [-0.2, -0.15) is 0 Å². The van der Waals surface area contributed by atoms with Crippen LogP contribution < -0.4 is 11.1 Å². The molecule has 92 valence electrons. The highest BCUT2D eigenvalue weighted by Crippen LogP contribution is 2.24. The van der Waals surface area contributed by atoms with Gasteiger partial charge in [0.2, 0.25) is 5.91 Å². The van der Waals surface area contributed by atoms with Crippen molar-refractivity contribution in [1.29, 1.82) is 0 Å². The first kappa shape index (κ1) is 11.9. The summed E-state index contributed by atoms with van der Waals surface area (Å²) in [5, 5.41) is 3.16. The molecule has 3 heteroatoms. The van der Waals surface area contributed by atoms with Crippen molar-refractivity contribution in [2.45, 2.75) is 69.9 Å². The lowest BCUT2D eigenvalue weighted by atomic mass is 9.98. The number of nitrogens with two attached hydrogens (primary N) is 1. The maximum Gasteiger partial charge on any atom is 0.223 e. The lowest BCUT2D eigenvalue weighted by Crippen LogP contribution is -2.46. The molecular formula is C13H24N2O. The molecule has 0 heterocycles. The number of hydrogen-bond acceptors (Lipinski definition) is 2. The number of carbonyl (C=O) groups excluding carboxylic acids is 1. The van der Waals surface area contributed by atoms with Crippen LogP contribution in [0, 0.1) is 5.92 Å². The Labute approximate surface area is 98.2 Å². The number of hydrogen-bond donors (Lipinski definition) is 2. The second-order valence-electron chi connectivity index (χ2n) is 5.40. The van der Waals surface area contributed by atoms with E-state index in [0.717, 1.165) is 32.1 Å². The minimum atomic E-state index is 0.190. The van der Waals surface area contributed by atoms with Crippen LogP contribution in [0.4, 0.5) is 0 Å². The first-order chi connectivity index (χ1) is 7.77. The number of nitrogens with one attached hydrogen (secondary N) is 1. The van der Waals surface area contributed by atoms with Gasteiger partial charge in [0.05, 0.1) is 0 Å². The number of carbonyl (C=O) groups is 1. The van der Waals surface area contributed by atoms with Gasteiger partial charge in [-0.25, -0.2) is 0 Å². The fourth-order valence-corrected chi connectivity index (χ4v) is 3.01. The number of rotatable bonds is 2. The van der Waals surface area contributed by atoms with Crippen molar-refractivity contribution in [3.05, 3.63) is 0 Å². The van der Waals surface area contributed by atoms with Crippen LogP contribution in [-0.2, 0) is 4.79 Å². The fraction of sp³-hybridized carbons (Fsp3) is 0.923. The molecule has 2 rings (SSSR count). The zero-order chi connectivity index (χ0) is 11.4. The average molecular weight is 224 g/mol. The third-order valence-electron chi connectivity index (χ3n) is 4.12. The Kier molecular flexibility index (Phi) is 4.22. The summed E-state index contributed by atoms with van der Waals surface area (Å²) in [4.78, 5) is 12.1. The van der Waals surface area contributed by atoms with Gasteiger partial charge in [-0.15, -0.1) is 0 Å². The summed E-state index contributed by atoms with van der Waals surface area (Å²) >= 11 is 0. The molecule has 1 amide bonds. The summed E-state index contributed by atoms with van der Waals surface area (Å²) in [5.41, 5.74) is 5.97. The molecule has 2 aliphatic carbocycles. The highest BCUT2D eigenvalue weighted by atomic mass is 16.1. The zero-order valence-corrected chi connectivity index (χ0v) is 10.1. The summed E-state index contributed by atoms with van der Waals surface area (Å²) in [5.74, 6) is 0.527. The van der Waals surface area contributed by atoms with Crippen molar-refractivity contribution < 1.29 is 4.79 Å². The third kappa shape index (κ3) is 2.97. The predicted octanol–water partition coefficient (Wildman–Crippen LogP) is 1.95. The van der Waals surface area contributed by atoms with Crippen molar-refractivity contribution >= 4 is 5.91 Å². The van der Waals surface area contributed by atoms with Crippen LogP contribution in [0.15, 0.2) is 0 Å². The fourth-order valence-electron chi connectivity index (χ4n) is 3.01. The molecule has 2 atom stereocenters. The lowest BCUT2D eigenvalue weighted by molar-refractivity contribution is -0.126. The Hall–Kier alpha value is -0.570. The molecule has 0 radical (unpaired) electrons.